The quantitative estimate of drug-likeness (QED) is 0.112. The van der Waals surface area contributed by atoms with Crippen LogP contribution < -0.4 is 14.2 Å². The number of carbonyl (C=O) groups excluding carboxylic acids is 1. The van der Waals surface area contributed by atoms with Crippen molar-refractivity contribution >= 4 is 23.6 Å². The van der Waals surface area contributed by atoms with Gasteiger partial charge in [-0.3, -0.25) is 9.69 Å². The lowest BCUT2D eigenvalue weighted by molar-refractivity contribution is -0.127. The van der Waals surface area contributed by atoms with Crippen molar-refractivity contribution in [2.24, 2.45) is 0 Å². The van der Waals surface area contributed by atoms with Gasteiger partial charge in [0.15, 0.2) is 0 Å². The van der Waals surface area contributed by atoms with Gasteiger partial charge in [0.1, 0.15) is 30.5 Å². The van der Waals surface area contributed by atoms with Gasteiger partial charge in [-0.25, -0.2) is 4.98 Å². The third-order valence-electron chi connectivity index (χ3n) is 9.20. The summed E-state index contributed by atoms with van der Waals surface area (Å²) in [7, 11) is 0. The first-order valence-electron chi connectivity index (χ1n) is 17.8. The Balaban J connectivity index is 0.936. The summed E-state index contributed by atoms with van der Waals surface area (Å²) in [5, 5.41) is 9.37. The number of amides is 1. The summed E-state index contributed by atoms with van der Waals surface area (Å²) >= 11 is 6.59. The molecule has 1 fully saturated rings. The first kappa shape index (κ1) is 37.1. The summed E-state index contributed by atoms with van der Waals surface area (Å²) in [6.07, 6.45) is 5.02. The van der Waals surface area contributed by atoms with Gasteiger partial charge in [0.05, 0.1) is 22.9 Å². The fraction of sp³-hybridized carbons (Fsp3) is 0.250. The molecule has 0 spiro atoms. The summed E-state index contributed by atoms with van der Waals surface area (Å²) in [6, 6.07) is 33.4. The Hall–Kier alpha value is -5.62. The molecule has 0 aliphatic carbocycles. The molecule has 0 N–H and O–H groups in total. The molecule has 1 saturated heterocycles. The molecular formula is C44H43ClN4O4. The first-order chi connectivity index (χ1) is 25.7. The second kappa shape index (κ2) is 17.7. The van der Waals surface area contributed by atoms with Crippen LogP contribution in [0.5, 0.6) is 23.1 Å². The van der Waals surface area contributed by atoms with E-state index in [1.165, 1.54) is 11.1 Å². The van der Waals surface area contributed by atoms with Crippen molar-refractivity contribution in [3.63, 3.8) is 0 Å². The third kappa shape index (κ3) is 10.5. The molecule has 1 aliphatic heterocycles. The van der Waals surface area contributed by atoms with E-state index in [4.69, 9.17) is 31.1 Å². The van der Waals surface area contributed by atoms with E-state index in [0.29, 0.717) is 60.2 Å². The summed E-state index contributed by atoms with van der Waals surface area (Å²) < 4.78 is 17.8. The van der Waals surface area contributed by atoms with E-state index < -0.39 is 0 Å². The Morgan fingerprint density at radius 2 is 1.47 bits per heavy atom. The lowest BCUT2D eigenvalue weighted by atomic mass is 10.0. The van der Waals surface area contributed by atoms with E-state index in [-0.39, 0.29) is 5.91 Å². The number of halogens is 1. The van der Waals surface area contributed by atoms with Crippen molar-refractivity contribution in [1.82, 2.24) is 14.8 Å². The van der Waals surface area contributed by atoms with E-state index in [2.05, 4.69) is 66.2 Å². The van der Waals surface area contributed by atoms with Gasteiger partial charge < -0.3 is 19.1 Å². The number of nitrogens with zero attached hydrogens (tertiary/aromatic N) is 4. The third-order valence-corrected chi connectivity index (χ3v) is 9.50. The Labute approximate surface area is 316 Å². The van der Waals surface area contributed by atoms with Gasteiger partial charge in [0.2, 0.25) is 11.8 Å². The fourth-order valence-electron chi connectivity index (χ4n) is 5.90. The van der Waals surface area contributed by atoms with Gasteiger partial charge in [-0.2, -0.15) is 5.26 Å². The molecule has 9 heteroatoms. The standard InChI is InChI=1S/C44H43ClN4O4/c1-31(2)37-12-15-39(16-13-37)51-29-36-10-6-34(7-11-36)28-48-20-22-49(23-21-48)44(50)19-14-38-25-41(45)42(24-32(38)3)53-43-18-17-40(27-47-43)52-30-35-8-4-33(26-46)5-9-35/h4-19,24-25,27,31H,20-23,28-30H2,1-3H3. The number of piperazine rings is 1. The Morgan fingerprint density at radius 1 is 0.849 bits per heavy atom. The summed E-state index contributed by atoms with van der Waals surface area (Å²) in [6.45, 7) is 11.0. The van der Waals surface area contributed by atoms with E-state index in [1.807, 2.05) is 48.2 Å². The van der Waals surface area contributed by atoms with Crippen molar-refractivity contribution in [2.75, 3.05) is 26.2 Å². The number of rotatable bonds is 13. The number of nitriles is 1. The predicted molar refractivity (Wildman–Crippen MR) is 208 cm³/mol. The van der Waals surface area contributed by atoms with Gasteiger partial charge >= 0.3 is 0 Å². The molecule has 8 nitrogen and oxygen atoms in total. The number of pyridine rings is 1. The average Bonchev–Trinajstić information content (AvgIpc) is 3.18. The Kier molecular flexibility index (Phi) is 12.4. The minimum absolute atomic E-state index is 0.0191. The zero-order valence-electron chi connectivity index (χ0n) is 30.3. The highest BCUT2D eigenvalue weighted by Gasteiger charge is 2.20. The fourth-order valence-corrected chi connectivity index (χ4v) is 6.11. The lowest BCUT2D eigenvalue weighted by Crippen LogP contribution is -2.47. The van der Waals surface area contributed by atoms with Crippen LogP contribution in [0.2, 0.25) is 5.02 Å². The molecule has 0 bridgehead atoms. The van der Waals surface area contributed by atoms with Crippen molar-refractivity contribution in [3.8, 4) is 29.2 Å². The van der Waals surface area contributed by atoms with Crippen LogP contribution in [0.1, 0.15) is 58.7 Å². The topological polar surface area (TPSA) is 87.9 Å². The predicted octanol–water partition coefficient (Wildman–Crippen LogP) is 9.35. The summed E-state index contributed by atoms with van der Waals surface area (Å²) in [5.41, 5.74) is 6.99. The normalized spacial score (nSPS) is 13.2. The van der Waals surface area contributed by atoms with E-state index in [9.17, 15) is 4.79 Å². The molecule has 0 radical (unpaired) electrons. The van der Waals surface area contributed by atoms with E-state index >= 15 is 0 Å². The van der Waals surface area contributed by atoms with Crippen LogP contribution in [0.15, 0.2) is 109 Å². The molecule has 0 unspecified atom stereocenters. The largest absolute Gasteiger partial charge is 0.489 e. The molecule has 4 aromatic carbocycles. The molecule has 0 saturated carbocycles. The maximum absolute atomic E-state index is 13.1. The second-order valence-corrected chi connectivity index (χ2v) is 13.8. The molecule has 53 heavy (non-hydrogen) atoms. The van der Waals surface area contributed by atoms with E-state index in [0.717, 1.165) is 47.6 Å². The van der Waals surface area contributed by atoms with Gasteiger partial charge in [0, 0.05) is 44.9 Å². The SMILES string of the molecule is Cc1cc(Oc2ccc(OCc3ccc(C#N)cc3)cn2)c(Cl)cc1C=CC(=O)N1CCN(Cc2ccc(COc3ccc(C(C)C)cc3)cc2)CC1. The molecule has 6 rings (SSSR count). The number of aromatic nitrogens is 1. The molecule has 1 aliphatic rings. The zero-order chi connectivity index (χ0) is 37.2. The van der Waals surface area contributed by atoms with Crippen molar-refractivity contribution in [3.05, 3.63) is 153 Å². The van der Waals surface area contributed by atoms with Crippen molar-refractivity contribution < 1.29 is 19.0 Å². The maximum atomic E-state index is 13.1. The van der Waals surface area contributed by atoms with Crippen LogP contribution in [0.4, 0.5) is 0 Å². The average molecular weight is 727 g/mol. The minimum Gasteiger partial charge on any atom is -0.489 e. The number of aryl methyl sites for hydroxylation is 1. The smallest absolute Gasteiger partial charge is 0.246 e. The number of ether oxygens (including phenoxy) is 3. The van der Waals surface area contributed by atoms with Gasteiger partial charge in [-0.15, -0.1) is 0 Å². The van der Waals surface area contributed by atoms with Crippen LogP contribution in [-0.4, -0.2) is 46.9 Å². The Bertz CT molecular complexity index is 2050. The molecule has 1 aromatic heterocycles. The van der Waals surface area contributed by atoms with Gasteiger partial charge in [-0.1, -0.05) is 74.0 Å². The molecule has 5 aromatic rings. The highest BCUT2D eigenvalue weighted by molar-refractivity contribution is 6.32. The van der Waals surface area contributed by atoms with Crippen LogP contribution in [0.3, 0.4) is 0 Å². The number of benzene rings is 4. The maximum Gasteiger partial charge on any atom is 0.246 e. The Morgan fingerprint density at radius 3 is 2.09 bits per heavy atom. The number of carbonyl (C=O) groups is 1. The molecule has 270 valence electrons. The number of hydrogen-bond donors (Lipinski definition) is 0. The molecule has 0 atom stereocenters. The summed E-state index contributed by atoms with van der Waals surface area (Å²) in [4.78, 5) is 21.7. The van der Waals surface area contributed by atoms with E-state index in [1.54, 1.807) is 42.6 Å². The highest BCUT2D eigenvalue weighted by atomic mass is 35.5. The lowest BCUT2D eigenvalue weighted by Gasteiger charge is -2.34. The second-order valence-electron chi connectivity index (χ2n) is 13.4. The van der Waals surface area contributed by atoms with Crippen LogP contribution in [-0.2, 0) is 24.6 Å². The monoisotopic (exact) mass is 726 g/mol. The van der Waals surface area contributed by atoms with Gasteiger partial charge in [-0.05, 0) is 94.8 Å². The number of hydrogen-bond acceptors (Lipinski definition) is 7. The van der Waals surface area contributed by atoms with Crippen LogP contribution in [0, 0.1) is 18.3 Å². The van der Waals surface area contributed by atoms with Crippen LogP contribution >= 0.6 is 11.6 Å². The van der Waals surface area contributed by atoms with Crippen molar-refractivity contribution in [1.29, 1.82) is 5.26 Å². The molecule has 2 heterocycles. The highest BCUT2D eigenvalue weighted by Crippen LogP contribution is 2.32. The van der Waals surface area contributed by atoms with Crippen LogP contribution in [0.25, 0.3) is 6.08 Å². The summed E-state index contributed by atoms with van der Waals surface area (Å²) in [5.74, 6) is 2.80. The minimum atomic E-state index is -0.0191. The van der Waals surface area contributed by atoms with Crippen molar-refractivity contribution in [2.45, 2.75) is 46.4 Å². The zero-order valence-corrected chi connectivity index (χ0v) is 31.1. The molecular weight excluding hydrogens is 684 g/mol. The van der Waals surface area contributed by atoms with Gasteiger partial charge in [0.25, 0.3) is 0 Å². The molecule has 1 amide bonds. The first-order valence-corrected chi connectivity index (χ1v) is 18.2.